The molecule has 0 unspecified atom stereocenters. The van der Waals surface area contributed by atoms with Gasteiger partial charge < -0.3 is 24.3 Å². The van der Waals surface area contributed by atoms with E-state index in [1.54, 1.807) is 0 Å². The molecule has 4 rings (SSSR count). The second-order valence-corrected chi connectivity index (χ2v) is 13.9. The van der Waals surface area contributed by atoms with Gasteiger partial charge in [0.1, 0.15) is 42.3 Å². The van der Waals surface area contributed by atoms with Gasteiger partial charge in [0, 0.05) is 30.8 Å². The Morgan fingerprint density at radius 1 is 0.827 bits per heavy atom. The summed E-state index contributed by atoms with van der Waals surface area (Å²) in [5, 5.41) is 41.0. The molecule has 258 valence electrons. The third kappa shape index (κ3) is 11.0. The zero-order valence-corrected chi connectivity index (χ0v) is 36.3. The molecule has 0 aromatic heterocycles. The second-order valence-electron chi connectivity index (χ2n) is 9.81. The number of hydrogen-bond donors (Lipinski definition) is 2. The molecule has 52 heavy (non-hydrogen) atoms. The van der Waals surface area contributed by atoms with E-state index in [9.17, 15) is 58.9 Å². The van der Waals surface area contributed by atoms with Crippen LogP contribution in [0, 0.1) is 17.0 Å². The smallest absolute Gasteiger partial charge is 0.870 e. The van der Waals surface area contributed by atoms with Crippen LogP contribution < -0.4 is 104 Å². The van der Waals surface area contributed by atoms with Crippen LogP contribution in [0.15, 0.2) is 83.7 Å². The van der Waals surface area contributed by atoms with E-state index >= 15 is 0 Å². The molecule has 26 heteroatoms. The molecule has 4 aromatic carbocycles. The van der Waals surface area contributed by atoms with Gasteiger partial charge in [0.05, 0.1) is 33.2 Å². The largest absolute Gasteiger partial charge is 1.00 e. The molecular weight excluding hydrogens is 785 g/mol. The molecule has 0 radical (unpaired) electrons. The molecule has 0 aliphatic carbocycles. The summed E-state index contributed by atoms with van der Waals surface area (Å²) in [6, 6.07) is 6.80. The number of aryl methyl sites for hydroxylation is 1. The van der Waals surface area contributed by atoms with Gasteiger partial charge >= 0.3 is 88.7 Å². The van der Waals surface area contributed by atoms with E-state index in [0.29, 0.717) is 24.3 Å². The number of amides is 1. The maximum Gasteiger partial charge on any atom is 1.00 e. The summed E-state index contributed by atoms with van der Waals surface area (Å²) in [6.45, 7) is 2.46. The van der Waals surface area contributed by atoms with Crippen LogP contribution in [0.4, 0.5) is 34.1 Å². The van der Waals surface area contributed by atoms with Gasteiger partial charge in [0.25, 0.3) is 15.8 Å². The van der Waals surface area contributed by atoms with Gasteiger partial charge in [0.2, 0.25) is 5.91 Å². The van der Waals surface area contributed by atoms with E-state index in [-0.39, 0.29) is 111 Å². The summed E-state index contributed by atoms with van der Waals surface area (Å²) in [6.07, 6.45) is 0. The number of anilines is 1. The number of nitro groups is 1. The first kappa shape index (κ1) is 47.6. The zero-order valence-electron chi connectivity index (χ0n) is 27.8. The van der Waals surface area contributed by atoms with E-state index in [2.05, 4.69) is 25.8 Å². The predicted octanol–water partition coefficient (Wildman–Crippen LogP) is -5.01. The summed E-state index contributed by atoms with van der Waals surface area (Å²) in [5.41, 5.74) is -2.58. The molecule has 20 nitrogen and oxygen atoms in total. The minimum absolute atomic E-state index is 0. The Balaban J connectivity index is 0.00000451. The number of hydrogen-bond acceptors (Lipinski definition) is 17. The van der Waals surface area contributed by atoms with Crippen molar-refractivity contribution in [1.82, 2.24) is 0 Å². The number of nitrogens with zero attached hydrogens (tertiary/aromatic N) is 5. The maximum atomic E-state index is 13.6. The molecule has 0 fully saturated rings. The molecule has 0 aliphatic rings. The number of methoxy groups -OCH3 is 1. The summed E-state index contributed by atoms with van der Waals surface area (Å²) < 4.78 is 110. The monoisotopic (exact) mass is 804 g/mol. The molecule has 0 bridgehead atoms. The number of carbonyl (C=O) groups is 1. The van der Waals surface area contributed by atoms with Crippen LogP contribution in [0.5, 0.6) is 11.5 Å². The zero-order chi connectivity index (χ0) is 36.6. The van der Waals surface area contributed by atoms with E-state index in [4.69, 9.17) is 4.74 Å². The van der Waals surface area contributed by atoms with Gasteiger partial charge in [0.15, 0.2) is 0 Å². The Hall–Kier alpha value is -2.46. The van der Waals surface area contributed by atoms with Crippen LogP contribution in [0.1, 0.15) is 12.5 Å². The summed E-state index contributed by atoms with van der Waals surface area (Å²) in [7, 11) is -14.5. The normalized spacial score (nSPS) is 11.8. The van der Waals surface area contributed by atoms with Crippen molar-refractivity contribution in [2.24, 2.45) is 20.5 Å². The Bertz CT molecular complexity index is 2480. The van der Waals surface area contributed by atoms with Gasteiger partial charge in [-0.05, 0) is 53.6 Å². The number of carbonyl (C=O) groups excluding carboxylic acids is 1. The number of ether oxygens (including phenoxy) is 1. The van der Waals surface area contributed by atoms with Crippen LogP contribution in [0.2, 0.25) is 0 Å². The number of nitro benzene ring substituents is 1. The maximum absolute atomic E-state index is 13.6. The minimum Gasteiger partial charge on any atom is -0.870 e. The molecule has 0 saturated carbocycles. The van der Waals surface area contributed by atoms with E-state index in [1.807, 2.05) is 0 Å². The Morgan fingerprint density at radius 2 is 1.42 bits per heavy atom. The predicted molar refractivity (Wildman–Crippen MR) is 163 cm³/mol. The van der Waals surface area contributed by atoms with Crippen molar-refractivity contribution in [3.05, 3.63) is 64.2 Å². The van der Waals surface area contributed by atoms with Crippen molar-refractivity contribution >= 4 is 81.2 Å². The van der Waals surface area contributed by atoms with Crippen molar-refractivity contribution in [1.29, 1.82) is 0 Å². The molecule has 0 spiro atoms. The van der Waals surface area contributed by atoms with Gasteiger partial charge in [-0.2, -0.15) is 13.5 Å². The fourth-order valence-electron chi connectivity index (χ4n) is 4.29. The first-order chi connectivity index (χ1) is 22.6. The number of azo groups is 2. The average Bonchev–Trinajstić information content (AvgIpc) is 2.97. The third-order valence-corrected chi connectivity index (χ3v) is 8.97. The van der Waals surface area contributed by atoms with E-state index < -0.39 is 95.1 Å². The average molecular weight is 805 g/mol. The number of benzene rings is 4. The molecule has 4 aromatic rings. The summed E-state index contributed by atoms with van der Waals surface area (Å²) in [5.74, 6) is -2.17. The van der Waals surface area contributed by atoms with Crippen molar-refractivity contribution in [2.45, 2.75) is 28.5 Å². The molecule has 0 atom stereocenters. The molecule has 0 heterocycles. The quantitative estimate of drug-likeness (QED) is 0.0499. The number of nitrogens with one attached hydrogen (secondary N) is 1. The standard InChI is InChI=1S/C26H22N6O14S3.3Na/c1-12-6-19(21(46-3)11-18(12)29-28-17-5-4-15(32(35)36)9-22(17)48(40,41)42)30-31-25-23(49(43,44)45)8-14-7-16(47(37,38)39)10-20(27-13(2)33)24(14)26(25)34;;;/h4-11,34H,1-3H3,(H,27,33)(H,37,38,39)(H,40,41,42)(H,43,44,45);;;/q;3*+1/p-3. The van der Waals surface area contributed by atoms with Gasteiger partial charge in [-0.15, -0.1) is 15.3 Å². The third-order valence-electron chi connectivity index (χ3n) is 6.43. The van der Waals surface area contributed by atoms with Crippen LogP contribution in [-0.4, -0.2) is 56.9 Å². The molecule has 0 aliphatic heterocycles. The molecule has 0 saturated heterocycles. The van der Waals surface area contributed by atoms with Crippen LogP contribution in [0.25, 0.3) is 10.8 Å². The fourth-order valence-corrected chi connectivity index (χ4v) is 6.11. The van der Waals surface area contributed by atoms with Gasteiger partial charge in [-0.3, -0.25) is 19.5 Å². The fraction of sp³-hybridized carbons (Fsp3) is 0.115. The Kier molecular flexibility index (Phi) is 16.7. The first-order valence-corrected chi connectivity index (χ1v) is 17.2. The molecule has 2 N–H and O–H groups in total. The SMILES string of the molecule is COc1cc(N=Nc2ccc([N+](=O)[O-])cc2S(=O)(=O)[O-])c(C)cc1N=Nc1c(S(=O)(=O)O)cc2cc(S(=O)(=O)[O-])cc(NC(C)=O)c2c1[O-].[Na+].[Na+].[Na+]. The van der Waals surface area contributed by atoms with Crippen LogP contribution in [-0.2, 0) is 35.1 Å². The van der Waals surface area contributed by atoms with Crippen molar-refractivity contribution < 1.29 is 147 Å². The van der Waals surface area contributed by atoms with Crippen molar-refractivity contribution in [3.8, 4) is 11.5 Å². The van der Waals surface area contributed by atoms with Crippen molar-refractivity contribution in [3.63, 3.8) is 0 Å². The second kappa shape index (κ2) is 18.2. The molecular formula is C26H19N6Na3O14S3. The van der Waals surface area contributed by atoms with Gasteiger partial charge in [-0.1, -0.05) is 5.75 Å². The topological polar surface area (TPSA) is 323 Å². The Morgan fingerprint density at radius 3 is 1.94 bits per heavy atom. The van der Waals surface area contributed by atoms with Crippen LogP contribution >= 0.6 is 0 Å². The minimum atomic E-state index is -5.25. The van der Waals surface area contributed by atoms with Gasteiger partial charge in [-0.25, -0.2) is 16.8 Å². The number of fused-ring (bicyclic) bond motifs is 1. The van der Waals surface area contributed by atoms with E-state index in [0.717, 1.165) is 19.1 Å². The van der Waals surface area contributed by atoms with Crippen molar-refractivity contribution in [2.75, 3.05) is 12.4 Å². The van der Waals surface area contributed by atoms with E-state index in [1.165, 1.54) is 26.2 Å². The Labute approximate surface area is 361 Å². The summed E-state index contributed by atoms with van der Waals surface area (Å²) in [4.78, 5) is 18.8. The molecule has 1 amide bonds. The summed E-state index contributed by atoms with van der Waals surface area (Å²) >= 11 is 0. The number of non-ortho nitro benzene ring substituents is 1. The first-order valence-electron chi connectivity index (χ1n) is 12.9. The number of rotatable bonds is 10. The van der Waals surface area contributed by atoms with Crippen LogP contribution in [0.3, 0.4) is 0 Å².